The molecule has 162 valence electrons. The van der Waals surface area contributed by atoms with Crippen LogP contribution in [0.15, 0.2) is 66.7 Å². The predicted molar refractivity (Wildman–Crippen MR) is 126 cm³/mol. The summed E-state index contributed by atoms with van der Waals surface area (Å²) < 4.78 is 11.0. The van der Waals surface area contributed by atoms with Crippen LogP contribution in [0, 0.1) is 13.8 Å². The predicted octanol–water partition coefficient (Wildman–Crippen LogP) is 6.78. The van der Waals surface area contributed by atoms with E-state index < -0.39 is 0 Å². The van der Waals surface area contributed by atoms with E-state index in [1.807, 2.05) is 31.2 Å². The molecule has 0 aromatic heterocycles. The Labute approximate surface area is 186 Å². The quantitative estimate of drug-likeness (QED) is 0.380. The van der Waals surface area contributed by atoms with Gasteiger partial charge in [0.05, 0.1) is 12.7 Å². The minimum Gasteiger partial charge on any atom is -0.489 e. The number of carbonyl (C=O) groups is 1. The molecular weight excluding hydrogens is 384 g/mol. The van der Waals surface area contributed by atoms with Crippen molar-refractivity contribution in [1.29, 1.82) is 0 Å². The van der Waals surface area contributed by atoms with Crippen molar-refractivity contribution in [2.75, 3.05) is 7.11 Å². The maximum absolute atomic E-state index is 12.0. The van der Waals surface area contributed by atoms with E-state index in [-0.39, 0.29) is 11.4 Å². The Morgan fingerprint density at radius 1 is 0.839 bits per heavy atom. The number of hydrogen-bond acceptors (Lipinski definition) is 3. The van der Waals surface area contributed by atoms with Crippen molar-refractivity contribution >= 4 is 5.97 Å². The minimum absolute atomic E-state index is 0.123. The number of ether oxygens (including phenoxy) is 2. The van der Waals surface area contributed by atoms with Crippen molar-refractivity contribution < 1.29 is 14.3 Å². The highest BCUT2D eigenvalue weighted by Gasteiger charge is 2.31. The first-order valence-electron chi connectivity index (χ1n) is 10.9. The summed E-state index contributed by atoms with van der Waals surface area (Å²) in [5.41, 5.74) is 6.21. The summed E-state index contributed by atoms with van der Waals surface area (Å²) in [6.07, 6.45) is 1.92. The van der Waals surface area contributed by atoms with Crippen LogP contribution < -0.4 is 4.74 Å². The maximum atomic E-state index is 12.0. The molecular formula is C28H32O3. The van der Waals surface area contributed by atoms with Crippen molar-refractivity contribution in [3.05, 3.63) is 100 Å². The van der Waals surface area contributed by atoms with Gasteiger partial charge < -0.3 is 9.47 Å². The van der Waals surface area contributed by atoms with Gasteiger partial charge in [0.15, 0.2) is 0 Å². The fourth-order valence-corrected chi connectivity index (χ4v) is 4.38. The molecule has 0 saturated heterocycles. The van der Waals surface area contributed by atoms with Gasteiger partial charge in [0.25, 0.3) is 0 Å². The number of hydrogen-bond donors (Lipinski definition) is 0. The van der Waals surface area contributed by atoms with E-state index in [1.165, 1.54) is 18.2 Å². The molecule has 31 heavy (non-hydrogen) atoms. The zero-order valence-electron chi connectivity index (χ0n) is 19.2. The summed E-state index contributed by atoms with van der Waals surface area (Å²) in [5, 5.41) is 0. The van der Waals surface area contributed by atoms with Gasteiger partial charge in [-0.05, 0) is 66.6 Å². The second kappa shape index (κ2) is 9.82. The molecule has 3 rings (SSSR count). The lowest BCUT2D eigenvalue weighted by Gasteiger charge is -2.34. The van der Waals surface area contributed by atoms with E-state index in [0.29, 0.717) is 12.2 Å². The lowest BCUT2D eigenvalue weighted by atomic mass is 9.70. The Morgan fingerprint density at radius 2 is 1.45 bits per heavy atom. The Morgan fingerprint density at radius 3 is 2.00 bits per heavy atom. The first-order valence-corrected chi connectivity index (χ1v) is 10.9. The van der Waals surface area contributed by atoms with Gasteiger partial charge in [-0.1, -0.05) is 68.4 Å². The molecule has 0 aliphatic carbocycles. The maximum Gasteiger partial charge on any atom is 0.338 e. The van der Waals surface area contributed by atoms with Crippen molar-refractivity contribution in [1.82, 2.24) is 0 Å². The lowest BCUT2D eigenvalue weighted by molar-refractivity contribution is 0.0600. The summed E-state index contributed by atoms with van der Waals surface area (Å²) in [5.74, 6) is 0.615. The molecule has 0 amide bonds. The highest BCUT2D eigenvalue weighted by molar-refractivity contribution is 5.91. The average molecular weight is 417 g/mol. The number of carbonyl (C=O) groups excluding carboxylic acids is 1. The largest absolute Gasteiger partial charge is 0.489 e. The van der Waals surface area contributed by atoms with Crippen LogP contribution in [-0.4, -0.2) is 13.1 Å². The van der Waals surface area contributed by atoms with Crippen LogP contribution in [-0.2, 0) is 16.8 Å². The standard InChI is InChI=1S/C28H32O3/c1-6-28(7-2,23-13-15-25(20(3)17-23)27(29)30-5)24-14-16-26(21(4)18-24)31-19-22-11-9-8-10-12-22/h8-18H,6-7,19H2,1-5H3. The molecule has 0 unspecified atom stereocenters. The number of rotatable bonds is 8. The van der Waals surface area contributed by atoms with Crippen LogP contribution in [0.4, 0.5) is 0 Å². The molecule has 3 heteroatoms. The summed E-state index contributed by atoms with van der Waals surface area (Å²) >= 11 is 0. The third-order valence-electron chi connectivity index (χ3n) is 6.36. The number of methoxy groups -OCH3 is 1. The van der Waals surface area contributed by atoms with Crippen molar-refractivity contribution in [3.8, 4) is 5.75 Å². The lowest BCUT2D eigenvalue weighted by Crippen LogP contribution is -2.26. The van der Waals surface area contributed by atoms with Crippen LogP contribution in [0.5, 0.6) is 5.75 Å². The highest BCUT2D eigenvalue weighted by atomic mass is 16.5. The third kappa shape index (κ3) is 4.66. The molecule has 0 radical (unpaired) electrons. The first-order chi connectivity index (χ1) is 14.9. The summed E-state index contributed by atoms with van der Waals surface area (Å²) in [7, 11) is 1.42. The SMILES string of the molecule is CCC(CC)(c1ccc(OCc2ccccc2)c(C)c1)c1ccc(C(=O)OC)c(C)c1. The number of benzene rings is 3. The second-order valence-corrected chi connectivity index (χ2v) is 8.07. The van der Waals surface area contributed by atoms with E-state index in [9.17, 15) is 4.79 Å². The summed E-state index contributed by atoms with van der Waals surface area (Å²) in [4.78, 5) is 12.0. The Kier molecular flexibility index (Phi) is 7.17. The number of aryl methyl sites for hydroxylation is 2. The fraction of sp³-hybridized carbons (Fsp3) is 0.321. The zero-order valence-corrected chi connectivity index (χ0v) is 19.2. The summed E-state index contributed by atoms with van der Waals surface area (Å²) in [6.45, 7) is 9.08. The second-order valence-electron chi connectivity index (χ2n) is 8.07. The summed E-state index contributed by atoms with van der Waals surface area (Å²) in [6, 6.07) is 22.8. The molecule has 0 bridgehead atoms. The molecule has 0 aliphatic heterocycles. The highest BCUT2D eigenvalue weighted by Crippen LogP contribution is 2.41. The van der Waals surface area contributed by atoms with Gasteiger partial charge in [-0.3, -0.25) is 0 Å². The molecule has 3 aromatic carbocycles. The topological polar surface area (TPSA) is 35.5 Å². The van der Waals surface area contributed by atoms with E-state index in [2.05, 4.69) is 63.2 Å². The smallest absolute Gasteiger partial charge is 0.338 e. The zero-order chi connectivity index (χ0) is 22.4. The van der Waals surface area contributed by atoms with Crippen LogP contribution >= 0.6 is 0 Å². The average Bonchev–Trinajstić information content (AvgIpc) is 2.80. The molecule has 0 saturated carbocycles. The molecule has 0 N–H and O–H groups in total. The van der Waals surface area contributed by atoms with Gasteiger partial charge >= 0.3 is 5.97 Å². The molecule has 0 fully saturated rings. The third-order valence-corrected chi connectivity index (χ3v) is 6.36. The molecule has 3 aromatic rings. The Bertz CT molecular complexity index is 1030. The van der Waals surface area contributed by atoms with Crippen LogP contribution in [0.3, 0.4) is 0 Å². The van der Waals surface area contributed by atoms with Crippen molar-refractivity contribution in [2.24, 2.45) is 0 Å². The van der Waals surface area contributed by atoms with Crippen LogP contribution in [0.25, 0.3) is 0 Å². The van der Waals surface area contributed by atoms with Crippen LogP contribution in [0.1, 0.15) is 64.9 Å². The Balaban J connectivity index is 1.92. The van der Waals surface area contributed by atoms with Gasteiger partial charge in [0.2, 0.25) is 0 Å². The monoisotopic (exact) mass is 416 g/mol. The first kappa shape index (κ1) is 22.6. The fourth-order valence-electron chi connectivity index (χ4n) is 4.38. The van der Waals surface area contributed by atoms with Gasteiger partial charge in [-0.25, -0.2) is 4.79 Å². The minimum atomic E-state index is -0.293. The normalized spacial score (nSPS) is 11.3. The molecule has 0 heterocycles. The van der Waals surface area contributed by atoms with Gasteiger partial charge in [-0.15, -0.1) is 0 Å². The molecule has 0 aliphatic rings. The number of esters is 1. The van der Waals surface area contributed by atoms with Gasteiger partial charge in [0.1, 0.15) is 12.4 Å². The van der Waals surface area contributed by atoms with E-state index >= 15 is 0 Å². The van der Waals surface area contributed by atoms with Crippen molar-refractivity contribution in [2.45, 2.75) is 52.6 Å². The Hall–Kier alpha value is -3.07. The molecule has 0 spiro atoms. The van der Waals surface area contributed by atoms with E-state index in [0.717, 1.165) is 35.3 Å². The van der Waals surface area contributed by atoms with Crippen molar-refractivity contribution in [3.63, 3.8) is 0 Å². The van der Waals surface area contributed by atoms with E-state index in [1.54, 1.807) is 0 Å². The molecule has 0 atom stereocenters. The van der Waals surface area contributed by atoms with E-state index in [4.69, 9.17) is 9.47 Å². The van der Waals surface area contributed by atoms with Crippen LogP contribution in [0.2, 0.25) is 0 Å². The molecule has 3 nitrogen and oxygen atoms in total. The van der Waals surface area contributed by atoms with Gasteiger partial charge in [0, 0.05) is 5.41 Å². The van der Waals surface area contributed by atoms with Gasteiger partial charge in [-0.2, -0.15) is 0 Å².